The molecular formula is C23H26F3N7O. The lowest BCUT2D eigenvalue weighted by Crippen LogP contribution is -2.53. The van der Waals surface area contributed by atoms with Crippen molar-refractivity contribution in [2.75, 3.05) is 11.9 Å². The molecule has 0 aromatic carbocycles. The zero-order chi connectivity index (χ0) is 23.9. The Bertz CT molecular complexity index is 1180. The van der Waals surface area contributed by atoms with Crippen LogP contribution in [0.15, 0.2) is 36.9 Å². The van der Waals surface area contributed by atoms with Crippen LogP contribution < -0.4 is 10.6 Å². The number of alkyl halides is 3. The molecule has 5 rings (SSSR count). The molecule has 2 N–H and O–H groups in total. The predicted octanol–water partition coefficient (Wildman–Crippen LogP) is 4.10. The van der Waals surface area contributed by atoms with Crippen LogP contribution in [0.2, 0.25) is 0 Å². The lowest BCUT2D eigenvalue weighted by Gasteiger charge is -2.39. The van der Waals surface area contributed by atoms with Crippen LogP contribution in [-0.2, 0) is 7.05 Å². The van der Waals surface area contributed by atoms with Crippen LogP contribution in [-0.4, -0.2) is 61.5 Å². The summed E-state index contributed by atoms with van der Waals surface area (Å²) in [5.41, 5.74) is 2.58. The number of halogens is 3. The first-order chi connectivity index (χ1) is 16.2. The Morgan fingerprint density at radius 2 is 1.85 bits per heavy atom. The molecule has 5 heterocycles. The molecule has 3 atom stereocenters. The Morgan fingerprint density at radius 3 is 2.53 bits per heavy atom. The average Bonchev–Trinajstić information content (AvgIpc) is 3.33. The maximum atomic E-state index is 13.1. The van der Waals surface area contributed by atoms with E-state index < -0.39 is 12.6 Å². The van der Waals surface area contributed by atoms with Crippen LogP contribution in [0.5, 0.6) is 0 Å². The van der Waals surface area contributed by atoms with E-state index in [9.17, 15) is 18.0 Å². The molecule has 2 amide bonds. The van der Waals surface area contributed by atoms with Crippen LogP contribution in [0.1, 0.15) is 32.1 Å². The highest BCUT2D eigenvalue weighted by Gasteiger charge is 2.43. The van der Waals surface area contributed by atoms with Crippen molar-refractivity contribution in [2.24, 2.45) is 7.05 Å². The predicted molar refractivity (Wildman–Crippen MR) is 121 cm³/mol. The summed E-state index contributed by atoms with van der Waals surface area (Å²) >= 11 is 0. The van der Waals surface area contributed by atoms with E-state index in [4.69, 9.17) is 0 Å². The zero-order valence-corrected chi connectivity index (χ0v) is 18.7. The van der Waals surface area contributed by atoms with E-state index in [1.54, 1.807) is 29.3 Å². The summed E-state index contributed by atoms with van der Waals surface area (Å²) in [7, 11) is 1.85. The summed E-state index contributed by atoms with van der Waals surface area (Å²) in [6.45, 7) is -0.0874. The van der Waals surface area contributed by atoms with Gasteiger partial charge >= 0.3 is 12.2 Å². The van der Waals surface area contributed by atoms with Gasteiger partial charge in [-0.05, 0) is 37.8 Å². The van der Waals surface area contributed by atoms with Gasteiger partial charge in [0, 0.05) is 60.6 Å². The second kappa shape index (κ2) is 8.86. The minimum atomic E-state index is -4.16. The molecule has 2 saturated heterocycles. The maximum absolute atomic E-state index is 13.1. The Hall–Kier alpha value is -3.21. The van der Waals surface area contributed by atoms with E-state index in [2.05, 4.69) is 25.7 Å². The number of nitrogens with one attached hydrogen (secondary N) is 2. The van der Waals surface area contributed by atoms with Gasteiger partial charge in [-0.2, -0.15) is 18.3 Å². The van der Waals surface area contributed by atoms with Gasteiger partial charge in [0.15, 0.2) is 0 Å². The summed E-state index contributed by atoms with van der Waals surface area (Å²) in [5.74, 6) is 0.437. The molecule has 34 heavy (non-hydrogen) atoms. The van der Waals surface area contributed by atoms with Gasteiger partial charge in [-0.15, -0.1) is 0 Å². The van der Waals surface area contributed by atoms with Gasteiger partial charge in [-0.3, -0.25) is 15.0 Å². The molecule has 0 saturated carbocycles. The number of piperidine rings is 1. The minimum absolute atomic E-state index is 0.000310. The third kappa shape index (κ3) is 4.84. The number of fused-ring (bicyclic) bond motifs is 3. The molecule has 3 aromatic heterocycles. The highest BCUT2D eigenvalue weighted by molar-refractivity contribution is 5.92. The zero-order valence-electron chi connectivity index (χ0n) is 18.7. The van der Waals surface area contributed by atoms with Gasteiger partial charge in [-0.1, -0.05) is 0 Å². The SMILES string of the molecule is Cn1cc(-c2cnc3cnc(NC(=O)N4[C@@H]5CC[C@H]4CC(NCCC(F)(F)F)C5)cc3c2)cn1. The topological polar surface area (TPSA) is 88.0 Å². The van der Waals surface area contributed by atoms with Crippen molar-refractivity contribution in [1.82, 2.24) is 30.0 Å². The van der Waals surface area contributed by atoms with E-state index in [0.717, 1.165) is 34.9 Å². The van der Waals surface area contributed by atoms with Gasteiger partial charge in [-0.25, -0.2) is 9.78 Å². The smallest absolute Gasteiger partial charge is 0.318 e. The molecule has 2 aliphatic heterocycles. The van der Waals surface area contributed by atoms with Crippen molar-refractivity contribution >= 4 is 22.8 Å². The molecule has 2 fully saturated rings. The van der Waals surface area contributed by atoms with Crippen LogP contribution in [0.3, 0.4) is 0 Å². The maximum Gasteiger partial charge on any atom is 0.390 e. The number of hydrogen-bond acceptors (Lipinski definition) is 5. The summed E-state index contributed by atoms with van der Waals surface area (Å²) in [4.78, 5) is 23.7. The summed E-state index contributed by atoms with van der Waals surface area (Å²) < 4.78 is 39.1. The highest BCUT2D eigenvalue weighted by atomic mass is 19.4. The average molecular weight is 474 g/mol. The van der Waals surface area contributed by atoms with E-state index in [0.29, 0.717) is 18.7 Å². The van der Waals surface area contributed by atoms with Gasteiger partial charge in [0.2, 0.25) is 0 Å². The lowest BCUT2D eigenvalue weighted by atomic mass is 9.97. The molecule has 0 radical (unpaired) electrons. The molecular weight excluding hydrogens is 447 g/mol. The van der Waals surface area contributed by atoms with E-state index in [-0.39, 0.29) is 30.7 Å². The number of nitrogens with zero attached hydrogens (tertiary/aromatic N) is 5. The third-order valence-corrected chi connectivity index (χ3v) is 6.65. The first-order valence-electron chi connectivity index (χ1n) is 11.4. The fourth-order valence-electron chi connectivity index (χ4n) is 5.10. The van der Waals surface area contributed by atoms with Gasteiger partial charge in [0.05, 0.1) is 24.3 Å². The largest absolute Gasteiger partial charge is 0.390 e. The quantitative estimate of drug-likeness (QED) is 0.583. The van der Waals surface area contributed by atoms with Gasteiger partial charge in [0.1, 0.15) is 5.82 Å². The van der Waals surface area contributed by atoms with Crippen molar-refractivity contribution < 1.29 is 18.0 Å². The second-order valence-corrected chi connectivity index (χ2v) is 9.10. The van der Waals surface area contributed by atoms with Crippen molar-refractivity contribution in [3.05, 3.63) is 36.9 Å². The van der Waals surface area contributed by atoms with Crippen LogP contribution >= 0.6 is 0 Å². The second-order valence-electron chi connectivity index (χ2n) is 9.10. The normalized spacial score (nSPS) is 22.4. The van der Waals surface area contributed by atoms with Gasteiger partial charge in [0.25, 0.3) is 0 Å². The Labute approximate surface area is 194 Å². The Morgan fingerprint density at radius 1 is 1.09 bits per heavy atom. The Kier molecular flexibility index (Phi) is 5.88. The number of rotatable bonds is 5. The number of urea groups is 1. The standard InChI is InChI=1S/C23H26F3N7O/c1-32-13-16(11-30-32)15-6-14-7-21(29-12-20(14)28-10-15)31-22(34)33-18-2-3-19(33)9-17(8-18)27-5-4-23(24,25)26/h6-7,10-13,17-19,27H,2-5,8-9H2,1H3,(H,29,31,34)/t17?,18-,19+. The van der Waals surface area contributed by atoms with E-state index in [1.165, 1.54) is 0 Å². The number of amides is 2. The molecule has 3 aromatic rings. The fourth-order valence-corrected chi connectivity index (χ4v) is 5.10. The minimum Gasteiger partial charge on any atom is -0.318 e. The summed E-state index contributed by atoms with van der Waals surface area (Å²) in [5, 5.41) is 11.0. The van der Waals surface area contributed by atoms with E-state index >= 15 is 0 Å². The first-order valence-corrected chi connectivity index (χ1v) is 11.4. The van der Waals surface area contributed by atoms with E-state index in [1.807, 2.05) is 24.2 Å². The van der Waals surface area contributed by atoms with Crippen LogP contribution in [0.25, 0.3) is 22.0 Å². The number of aromatic nitrogens is 4. The lowest BCUT2D eigenvalue weighted by molar-refractivity contribution is -0.133. The number of pyridine rings is 2. The Balaban J connectivity index is 1.25. The molecule has 0 aliphatic carbocycles. The highest BCUT2D eigenvalue weighted by Crippen LogP contribution is 2.36. The molecule has 2 aliphatic rings. The fraction of sp³-hybridized carbons (Fsp3) is 0.478. The van der Waals surface area contributed by atoms with Crippen molar-refractivity contribution in [2.45, 2.75) is 56.4 Å². The van der Waals surface area contributed by atoms with Crippen LogP contribution in [0, 0.1) is 0 Å². The van der Waals surface area contributed by atoms with Crippen molar-refractivity contribution in [3.63, 3.8) is 0 Å². The number of anilines is 1. The molecule has 2 bridgehead atoms. The first kappa shape index (κ1) is 22.6. The van der Waals surface area contributed by atoms with Crippen LogP contribution in [0.4, 0.5) is 23.8 Å². The summed E-state index contributed by atoms with van der Waals surface area (Å²) in [6.07, 6.45) is 5.11. The molecule has 180 valence electrons. The number of aryl methyl sites for hydroxylation is 1. The summed E-state index contributed by atoms with van der Waals surface area (Å²) in [6, 6.07) is 3.60. The van der Waals surface area contributed by atoms with Gasteiger partial charge < -0.3 is 10.2 Å². The molecule has 11 heteroatoms. The number of carbonyl (C=O) groups is 1. The van der Waals surface area contributed by atoms with Crippen molar-refractivity contribution in [1.29, 1.82) is 0 Å². The number of hydrogen-bond donors (Lipinski definition) is 2. The van der Waals surface area contributed by atoms with Crippen molar-refractivity contribution in [3.8, 4) is 11.1 Å². The third-order valence-electron chi connectivity index (χ3n) is 6.65. The molecule has 8 nitrogen and oxygen atoms in total. The number of carbonyl (C=O) groups excluding carboxylic acids is 1. The monoisotopic (exact) mass is 473 g/mol. The molecule has 0 spiro atoms. The molecule has 1 unspecified atom stereocenters.